The molecular formula is C23H22N2O4S2. The number of sulfonamides is 2. The maximum absolute atomic E-state index is 12.0. The summed E-state index contributed by atoms with van der Waals surface area (Å²) in [4.78, 5) is 0. The topological polar surface area (TPSA) is 106 Å². The van der Waals surface area contributed by atoms with Gasteiger partial charge in [-0.25, -0.2) is 22.0 Å². The van der Waals surface area contributed by atoms with Crippen molar-refractivity contribution in [3.63, 3.8) is 0 Å². The molecule has 160 valence electrons. The second-order valence-corrected chi connectivity index (χ2v) is 11.0. The molecule has 0 saturated carbocycles. The van der Waals surface area contributed by atoms with Crippen molar-refractivity contribution in [3.8, 4) is 0 Å². The van der Waals surface area contributed by atoms with Crippen LogP contribution in [0.5, 0.6) is 0 Å². The van der Waals surface area contributed by atoms with Gasteiger partial charge in [-0.05, 0) is 50.4 Å². The third kappa shape index (κ3) is 5.04. The molecule has 0 fully saturated rings. The Balaban J connectivity index is 1.94. The van der Waals surface area contributed by atoms with Gasteiger partial charge in [0.25, 0.3) is 0 Å². The summed E-state index contributed by atoms with van der Waals surface area (Å²) in [6.45, 7) is 0. The second-order valence-electron chi connectivity index (χ2n) is 7.64. The van der Waals surface area contributed by atoms with E-state index in [2.05, 4.69) is 4.72 Å². The molecule has 4 aromatic carbocycles. The number of fused-ring (bicyclic) bond motifs is 2. The van der Waals surface area contributed by atoms with E-state index in [0.29, 0.717) is 17.7 Å². The molecule has 6 nitrogen and oxygen atoms in total. The summed E-state index contributed by atoms with van der Waals surface area (Å²) in [5, 5.41) is 9.10. The summed E-state index contributed by atoms with van der Waals surface area (Å²) in [6, 6.07) is 22.7. The van der Waals surface area contributed by atoms with Crippen LogP contribution in [-0.2, 0) is 32.2 Å². The van der Waals surface area contributed by atoms with E-state index < -0.39 is 20.0 Å². The van der Waals surface area contributed by atoms with Gasteiger partial charge in [-0.2, -0.15) is 0 Å². The van der Waals surface area contributed by atoms with Crippen LogP contribution >= 0.6 is 0 Å². The fraction of sp³-hybridized carbons (Fsp3) is 0.130. The standard InChI is InChI=1S/C23H22N2O4S2/c1-30(26,27)25-23-11-10-16-6-4-5-9-21(16)22(23)14-19-12-17-7-2-3-8-18(17)13-20(19)15-31(24,28)29/h2-13,25H,14-15H2,1H3,(H2,24,28,29). The van der Waals surface area contributed by atoms with E-state index in [1.807, 2.05) is 66.7 Å². The number of hydrogen-bond donors (Lipinski definition) is 2. The molecular weight excluding hydrogens is 432 g/mol. The lowest BCUT2D eigenvalue weighted by atomic mass is 9.93. The van der Waals surface area contributed by atoms with E-state index in [4.69, 9.17) is 5.14 Å². The maximum Gasteiger partial charge on any atom is 0.229 e. The van der Waals surface area contributed by atoms with E-state index in [-0.39, 0.29) is 5.75 Å². The van der Waals surface area contributed by atoms with Gasteiger partial charge in [-0.3, -0.25) is 4.72 Å². The van der Waals surface area contributed by atoms with Crippen LogP contribution in [0.3, 0.4) is 0 Å². The van der Waals surface area contributed by atoms with E-state index in [9.17, 15) is 16.8 Å². The minimum Gasteiger partial charge on any atom is -0.283 e. The lowest BCUT2D eigenvalue weighted by Crippen LogP contribution is -2.16. The molecule has 4 aromatic rings. The largest absolute Gasteiger partial charge is 0.283 e. The summed E-state index contributed by atoms with van der Waals surface area (Å²) in [6.07, 6.45) is 1.45. The summed E-state index contributed by atoms with van der Waals surface area (Å²) >= 11 is 0. The van der Waals surface area contributed by atoms with Crippen LogP contribution in [-0.4, -0.2) is 23.1 Å². The lowest BCUT2D eigenvalue weighted by molar-refractivity contribution is 0.596. The average molecular weight is 455 g/mol. The smallest absolute Gasteiger partial charge is 0.229 e. The van der Waals surface area contributed by atoms with Crippen LogP contribution < -0.4 is 9.86 Å². The van der Waals surface area contributed by atoms with Crippen molar-refractivity contribution in [2.75, 3.05) is 11.0 Å². The van der Waals surface area contributed by atoms with E-state index in [0.717, 1.165) is 38.9 Å². The van der Waals surface area contributed by atoms with Crippen molar-refractivity contribution in [2.45, 2.75) is 12.2 Å². The van der Waals surface area contributed by atoms with Gasteiger partial charge in [-0.1, -0.05) is 60.7 Å². The molecule has 0 atom stereocenters. The minimum atomic E-state index is -3.75. The Bertz CT molecular complexity index is 1510. The van der Waals surface area contributed by atoms with Crippen molar-refractivity contribution >= 4 is 47.3 Å². The molecule has 0 aromatic heterocycles. The molecule has 4 rings (SSSR count). The fourth-order valence-electron chi connectivity index (χ4n) is 3.86. The van der Waals surface area contributed by atoms with Crippen LogP contribution in [0.2, 0.25) is 0 Å². The Morgan fingerprint density at radius 1 is 0.774 bits per heavy atom. The molecule has 0 aliphatic rings. The first-order valence-electron chi connectivity index (χ1n) is 9.58. The van der Waals surface area contributed by atoms with Gasteiger partial charge in [0.1, 0.15) is 0 Å². The number of hydrogen-bond acceptors (Lipinski definition) is 4. The van der Waals surface area contributed by atoms with Crippen molar-refractivity contribution < 1.29 is 16.8 Å². The van der Waals surface area contributed by atoms with Crippen molar-refractivity contribution in [1.29, 1.82) is 0 Å². The zero-order chi connectivity index (χ0) is 22.2. The molecule has 3 N–H and O–H groups in total. The molecule has 31 heavy (non-hydrogen) atoms. The Morgan fingerprint density at radius 3 is 1.97 bits per heavy atom. The number of nitrogens with two attached hydrogens (primary N) is 1. The Labute approximate surface area is 181 Å². The molecule has 0 amide bonds. The zero-order valence-corrected chi connectivity index (χ0v) is 18.5. The highest BCUT2D eigenvalue weighted by atomic mass is 32.2. The van der Waals surface area contributed by atoms with E-state index in [1.54, 1.807) is 6.07 Å². The Kier molecular flexibility index (Phi) is 5.47. The highest BCUT2D eigenvalue weighted by molar-refractivity contribution is 7.92. The van der Waals surface area contributed by atoms with Gasteiger partial charge < -0.3 is 0 Å². The van der Waals surface area contributed by atoms with Gasteiger partial charge >= 0.3 is 0 Å². The molecule has 0 aliphatic heterocycles. The molecule has 0 saturated heterocycles. The summed E-state index contributed by atoms with van der Waals surface area (Å²) < 4.78 is 50.3. The minimum absolute atomic E-state index is 0.299. The number of nitrogens with one attached hydrogen (secondary N) is 1. The van der Waals surface area contributed by atoms with Crippen molar-refractivity contribution in [1.82, 2.24) is 0 Å². The Hall–Kier alpha value is -2.94. The highest BCUT2D eigenvalue weighted by Crippen LogP contribution is 2.32. The maximum atomic E-state index is 12.0. The van der Waals surface area contributed by atoms with Crippen molar-refractivity contribution in [3.05, 3.63) is 89.5 Å². The summed E-state index contributed by atoms with van der Waals surface area (Å²) in [7, 11) is -7.25. The van der Waals surface area contributed by atoms with Gasteiger partial charge in [0.15, 0.2) is 0 Å². The molecule has 0 heterocycles. The predicted octanol–water partition coefficient (Wildman–Crippen LogP) is 3.74. The Morgan fingerprint density at radius 2 is 1.35 bits per heavy atom. The lowest BCUT2D eigenvalue weighted by Gasteiger charge is -2.17. The average Bonchev–Trinajstić information content (AvgIpc) is 2.68. The molecule has 0 aliphatic carbocycles. The normalized spacial score (nSPS) is 12.3. The second kappa shape index (κ2) is 7.96. The van der Waals surface area contributed by atoms with E-state index >= 15 is 0 Å². The quantitative estimate of drug-likeness (QED) is 0.463. The van der Waals surface area contributed by atoms with E-state index in [1.165, 1.54) is 0 Å². The third-order valence-electron chi connectivity index (χ3n) is 5.13. The molecule has 0 spiro atoms. The zero-order valence-electron chi connectivity index (χ0n) is 16.9. The van der Waals surface area contributed by atoms with Crippen LogP contribution in [0, 0.1) is 0 Å². The highest BCUT2D eigenvalue weighted by Gasteiger charge is 2.16. The van der Waals surface area contributed by atoms with Crippen LogP contribution in [0.15, 0.2) is 72.8 Å². The molecule has 0 bridgehead atoms. The summed E-state index contributed by atoms with van der Waals surface area (Å²) in [5.74, 6) is -0.299. The molecule has 0 unspecified atom stereocenters. The molecule has 8 heteroatoms. The predicted molar refractivity (Wildman–Crippen MR) is 126 cm³/mol. The summed E-state index contributed by atoms with van der Waals surface area (Å²) in [5.41, 5.74) is 2.62. The van der Waals surface area contributed by atoms with Crippen LogP contribution in [0.4, 0.5) is 5.69 Å². The number of rotatable bonds is 6. The number of benzene rings is 4. The first-order chi connectivity index (χ1) is 14.6. The van der Waals surface area contributed by atoms with Gasteiger partial charge in [0.2, 0.25) is 20.0 Å². The number of anilines is 1. The van der Waals surface area contributed by atoms with Crippen LogP contribution in [0.1, 0.15) is 16.7 Å². The number of primary sulfonamides is 1. The first-order valence-corrected chi connectivity index (χ1v) is 13.2. The fourth-order valence-corrected chi connectivity index (χ4v) is 5.16. The monoisotopic (exact) mass is 454 g/mol. The molecule has 0 radical (unpaired) electrons. The first kappa shape index (κ1) is 21.3. The van der Waals surface area contributed by atoms with Crippen LogP contribution in [0.25, 0.3) is 21.5 Å². The van der Waals surface area contributed by atoms with Gasteiger partial charge in [0.05, 0.1) is 17.7 Å². The van der Waals surface area contributed by atoms with Crippen molar-refractivity contribution in [2.24, 2.45) is 5.14 Å². The van der Waals surface area contributed by atoms with Gasteiger partial charge in [-0.15, -0.1) is 0 Å². The van der Waals surface area contributed by atoms with Gasteiger partial charge in [0, 0.05) is 6.42 Å². The SMILES string of the molecule is CS(=O)(=O)Nc1ccc2ccccc2c1Cc1cc2ccccc2cc1CS(N)(=O)=O. The third-order valence-corrected chi connectivity index (χ3v) is 6.43.